The molecule has 1 N–H and O–H groups in total. The van der Waals surface area contributed by atoms with Crippen molar-refractivity contribution in [1.29, 1.82) is 0 Å². The van der Waals surface area contributed by atoms with Gasteiger partial charge in [0.1, 0.15) is 0 Å². The summed E-state index contributed by atoms with van der Waals surface area (Å²) in [5.41, 5.74) is 6.02. The van der Waals surface area contributed by atoms with E-state index < -0.39 is 0 Å². The number of piperazine rings is 1. The number of rotatable bonds is 8. The Labute approximate surface area is 185 Å². The van der Waals surface area contributed by atoms with Crippen LogP contribution in [0.15, 0.2) is 60.7 Å². The molecule has 0 unspecified atom stereocenters. The van der Waals surface area contributed by atoms with Crippen LogP contribution in [-0.4, -0.2) is 63.5 Å². The molecule has 0 bridgehead atoms. The van der Waals surface area contributed by atoms with Crippen molar-refractivity contribution in [2.24, 2.45) is 0 Å². The standard InChI is InChI=1S/C26H34N4O/c1-21-17-22(2)30(27-21)25-10-6-9-24(18-25)19-28-14-15-29(26(20-28)12-16-31)13-11-23-7-4-3-5-8-23/h3-10,17-18,26,31H,11-16,19-20H2,1-2H3/t26-/m1/s1. The molecule has 1 aliphatic heterocycles. The maximum absolute atomic E-state index is 9.63. The monoisotopic (exact) mass is 418 g/mol. The van der Waals surface area contributed by atoms with Crippen molar-refractivity contribution in [3.05, 3.63) is 83.2 Å². The molecule has 0 aliphatic carbocycles. The highest BCUT2D eigenvalue weighted by Crippen LogP contribution is 2.19. The van der Waals surface area contributed by atoms with Gasteiger partial charge in [-0.3, -0.25) is 9.80 Å². The smallest absolute Gasteiger partial charge is 0.0651 e. The summed E-state index contributed by atoms with van der Waals surface area (Å²) in [5.74, 6) is 0. The Bertz CT molecular complexity index is 969. The van der Waals surface area contributed by atoms with Crippen LogP contribution >= 0.6 is 0 Å². The van der Waals surface area contributed by atoms with E-state index in [9.17, 15) is 5.11 Å². The summed E-state index contributed by atoms with van der Waals surface area (Å²) in [4.78, 5) is 5.09. The second-order valence-corrected chi connectivity index (χ2v) is 8.68. The molecule has 2 heterocycles. The van der Waals surface area contributed by atoms with Gasteiger partial charge in [0.05, 0.1) is 11.4 Å². The minimum atomic E-state index is 0.244. The molecular formula is C26H34N4O. The van der Waals surface area contributed by atoms with Gasteiger partial charge in [-0.15, -0.1) is 0 Å². The number of aliphatic hydroxyl groups is 1. The van der Waals surface area contributed by atoms with E-state index in [1.54, 1.807) is 0 Å². The van der Waals surface area contributed by atoms with Crippen molar-refractivity contribution >= 4 is 0 Å². The van der Waals surface area contributed by atoms with Crippen LogP contribution in [0.25, 0.3) is 5.69 Å². The summed E-state index contributed by atoms with van der Waals surface area (Å²) in [6, 6.07) is 21.9. The quantitative estimate of drug-likeness (QED) is 0.607. The molecule has 1 saturated heterocycles. The van der Waals surface area contributed by atoms with Gasteiger partial charge in [0, 0.05) is 51.1 Å². The average molecular weight is 419 g/mol. The van der Waals surface area contributed by atoms with E-state index >= 15 is 0 Å². The van der Waals surface area contributed by atoms with Crippen molar-refractivity contribution in [3.63, 3.8) is 0 Å². The molecule has 3 aromatic rings. The predicted octanol–water partition coefficient (Wildman–Crippen LogP) is 3.60. The molecule has 5 heteroatoms. The predicted molar refractivity (Wildman–Crippen MR) is 126 cm³/mol. The first-order valence-electron chi connectivity index (χ1n) is 11.4. The number of aliphatic hydroxyl groups excluding tert-OH is 1. The fourth-order valence-corrected chi connectivity index (χ4v) is 4.67. The second kappa shape index (κ2) is 10.2. The zero-order valence-corrected chi connectivity index (χ0v) is 18.7. The average Bonchev–Trinajstić information content (AvgIpc) is 3.12. The Kier molecular flexibility index (Phi) is 7.17. The van der Waals surface area contributed by atoms with Crippen LogP contribution in [0.3, 0.4) is 0 Å². The van der Waals surface area contributed by atoms with Gasteiger partial charge in [0.15, 0.2) is 0 Å². The van der Waals surface area contributed by atoms with Crippen LogP contribution in [0.4, 0.5) is 0 Å². The van der Waals surface area contributed by atoms with E-state index in [1.165, 1.54) is 11.1 Å². The van der Waals surface area contributed by atoms with Crippen molar-refractivity contribution in [1.82, 2.24) is 19.6 Å². The molecule has 164 valence electrons. The van der Waals surface area contributed by atoms with Gasteiger partial charge < -0.3 is 5.11 Å². The zero-order chi connectivity index (χ0) is 21.6. The van der Waals surface area contributed by atoms with Crippen LogP contribution in [0, 0.1) is 13.8 Å². The summed E-state index contributed by atoms with van der Waals surface area (Å²) in [7, 11) is 0. The third-order valence-corrected chi connectivity index (χ3v) is 6.25. The first-order valence-corrected chi connectivity index (χ1v) is 11.4. The lowest BCUT2D eigenvalue weighted by Gasteiger charge is -2.41. The normalized spacial score (nSPS) is 17.8. The number of hydrogen-bond acceptors (Lipinski definition) is 4. The van der Waals surface area contributed by atoms with Crippen molar-refractivity contribution in [2.45, 2.75) is 39.3 Å². The maximum Gasteiger partial charge on any atom is 0.0651 e. The van der Waals surface area contributed by atoms with Crippen molar-refractivity contribution in [2.75, 3.05) is 32.8 Å². The number of aryl methyl sites for hydroxylation is 2. The molecular weight excluding hydrogens is 384 g/mol. The van der Waals surface area contributed by atoms with Gasteiger partial charge in [0.25, 0.3) is 0 Å². The van der Waals surface area contributed by atoms with Gasteiger partial charge in [-0.25, -0.2) is 4.68 Å². The van der Waals surface area contributed by atoms with Gasteiger partial charge in [-0.2, -0.15) is 5.10 Å². The summed E-state index contributed by atoms with van der Waals surface area (Å²) in [6.07, 6.45) is 1.89. The Balaban J connectivity index is 1.39. The lowest BCUT2D eigenvalue weighted by atomic mass is 10.1. The number of aromatic nitrogens is 2. The summed E-state index contributed by atoms with van der Waals surface area (Å²) < 4.78 is 2.02. The summed E-state index contributed by atoms with van der Waals surface area (Å²) in [6.45, 7) is 9.47. The summed E-state index contributed by atoms with van der Waals surface area (Å²) in [5, 5.41) is 14.3. The van der Waals surface area contributed by atoms with Gasteiger partial charge in [-0.1, -0.05) is 42.5 Å². The topological polar surface area (TPSA) is 44.5 Å². The molecule has 0 amide bonds. The lowest BCUT2D eigenvalue weighted by molar-refractivity contribution is 0.0562. The largest absolute Gasteiger partial charge is 0.396 e. The van der Waals surface area contributed by atoms with E-state index in [0.717, 1.165) is 62.6 Å². The van der Waals surface area contributed by atoms with Gasteiger partial charge >= 0.3 is 0 Å². The molecule has 1 aromatic heterocycles. The van der Waals surface area contributed by atoms with Crippen LogP contribution < -0.4 is 0 Å². The first-order chi connectivity index (χ1) is 15.1. The van der Waals surface area contributed by atoms with E-state index in [-0.39, 0.29) is 6.61 Å². The zero-order valence-electron chi connectivity index (χ0n) is 18.7. The van der Waals surface area contributed by atoms with E-state index in [4.69, 9.17) is 0 Å². The number of hydrogen-bond donors (Lipinski definition) is 1. The fraction of sp³-hybridized carbons (Fsp3) is 0.423. The minimum absolute atomic E-state index is 0.244. The minimum Gasteiger partial charge on any atom is -0.396 e. The SMILES string of the molecule is Cc1cc(C)n(-c2cccc(CN3CCN(CCc4ccccc4)[C@H](CCO)C3)c2)n1. The first kappa shape index (κ1) is 21.8. The highest BCUT2D eigenvalue weighted by Gasteiger charge is 2.26. The lowest BCUT2D eigenvalue weighted by Crippen LogP contribution is -2.53. The van der Waals surface area contributed by atoms with Crippen LogP contribution in [0.2, 0.25) is 0 Å². The molecule has 31 heavy (non-hydrogen) atoms. The maximum atomic E-state index is 9.63. The van der Waals surface area contributed by atoms with Crippen molar-refractivity contribution in [3.8, 4) is 5.69 Å². The molecule has 0 radical (unpaired) electrons. The third-order valence-electron chi connectivity index (χ3n) is 6.25. The van der Waals surface area contributed by atoms with Crippen LogP contribution in [-0.2, 0) is 13.0 Å². The Morgan fingerprint density at radius 1 is 0.968 bits per heavy atom. The highest BCUT2D eigenvalue weighted by atomic mass is 16.3. The van der Waals surface area contributed by atoms with E-state index in [0.29, 0.717) is 6.04 Å². The molecule has 1 aliphatic rings. The molecule has 1 atom stereocenters. The Morgan fingerprint density at radius 2 is 1.77 bits per heavy atom. The Morgan fingerprint density at radius 3 is 2.52 bits per heavy atom. The summed E-state index contributed by atoms with van der Waals surface area (Å²) >= 11 is 0. The molecule has 4 rings (SSSR count). The molecule has 5 nitrogen and oxygen atoms in total. The van der Waals surface area contributed by atoms with Crippen molar-refractivity contribution < 1.29 is 5.11 Å². The van der Waals surface area contributed by atoms with E-state index in [2.05, 4.69) is 82.5 Å². The number of benzene rings is 2. The van der Waals surface area contributed by atoms with Crippen LogP contribution in [0.5, 0.6) is 0 Å². The molecule has 0 spiro atoms. The van der Waals surface area contributed by atoms with Gasteiger partial charge in [-0.05, 0) is 56.0 Å². The third kappa shape index (κ3) is 5.62. The molecule has 1 fully saturated rings. The highest BCUT2D eigenvalue weighted by molar-refractivity contribution is 5.37. The van der Waals surface area contributed by atoms with Crippen LogP contribution in [0.1, 0.15) is 28.9 Å². The molecule has 0 saturated carbocycles. The van der Waals surface area contributed by atoms with E-state index in [1.807, 2.05) is 11.6 Å². The second-order valence-electron chi connectivity index (χ2n) is 8.68. The fourth-order valence-electron chi connectivity index (χ4n) is 4.67. The number of nitrogens with zero attached hydrogens (tertiary/aromatic N) is 4. The molecule has 2 aromatic carbocycles. The van der Waals surface area contributed by atoms with Gasteiger partial charge in [0.2, 0.25) is 0 Å². The Hall–Kier alpha value is -2.47.